The summed E-state index contributed by atoms with van der Waals surface area (Å²) >= 11 is 16.2. The van der Waals surface area contributed by atoms with E-state index < -0.39 is 11.6 Å². The molecule has 0 unspecified atom stereocenters. The molecule has 0 fully saturated rings. The van der Waals surface area contributed by atoms with E-state index in [-0.39, 0.29) is 25.5 Å². The van der Waals surface area contributed by atoms with E-state index in [0.29, 0.717) is 40.3 Å². The summed E-state index contributed by atoms with van der Waals surface area (Å²) in [7, 11) is 0. The molecule has 0 spiro atoms. The van der Waals surface area contributed by atoms with E-state index in [9.17, 15) is 4.79 Å². The van der Waals surface area contributed by atoms with E-state index in [1.54, 1.807) is 12.1 Å². The van der Waals surface area contributed by atoms with Crippen LogP contribution in [0.2, 0.25) is 10.0 Å². The van der Waals surface area contributed by atoms with Crippen LogP contribution in [0.15, 0.2) is 131 Å². The zero-order valence-corrected chi connectivity index (χ0v) is 29.5. The van der Waals surface area contributed by atoms with E-state index in [4.69, 9.17) is 42.8 Å². The van der Waals surface area contributed by atoms with Crippen molar-refractivity contribution in [2.45, 2.75) is 31.0 Å². The molecule has 1 amide bonds. The first kappa shape index (κ1) is 34.7. The Labute approximate surface area is 304 Å². The van der Waals surface area contributed by atoms with Crippen LogP contribution in [0.25, 0.3) is 11.1 Å². The van der Waals surface area contributed by atoms with Gasteiger partial charge >= 0.3 is 0 Å². The minimum absolute atomic E-state index is 0.0553. The Kier molecular flexibility index (Phi) is 11.3. The number of hydrazine groups is 1. The second kappa shape index (κ2) is 16.0. The van der Waals surface area contributed by atoms with Crippen molar-refractivity contribution in [2.24, 2.45) is 4.99 Å². The number of aliphatic hydroxyl groups is 1. The Morgan fingerprint density at radius 3 is 2.27 bits per heavy atom. The number of halogens is 3. The Hall–Kier alpha value is -4.18. The molecule has 250 valence electrons. The van der Waals surface area contributed by atoms with Gasteiger partial charge in [0, 0.05) is 46.1 Å². The van der Waals surface area contributed by atoms with Gasteiger partial charge in [0.2, 0.25) is 5.90 Å². The molecule has 10 heteroatoms. The molecule has 0 aromatic heterocycles. The van der Waals surface area contributed by atoms with Crippen molar-refractivity contribution < 1.29 is 19.4 Å². The molecule has 0 radical (unpaired) electrons. The number of nitrogens with zero attached hydrogens (tertiary/aromatic N) is 1. The summed E-state index contributed by atoms with van der Waals surface area (Å²) in [6.07, 6.45) is -0.00534. The molecule has 6 rings (SSSR count). The second-order valence-electron chi connectivity index (χ2n) is 11.6. The monoisotopic (exact) mass is 757 g/mol. The van der Waals surface area contributed by atoms with Gasteiger partial charge in [0.1, 0.15) is 5.75 Å². The van der Waals surface area contributed by atoms with Crippen molar-refractivity contribution in [3.05, 3.63) is 158 Å². The lowest BCUT2D eigenvalue weighted by Crippen LogP contribution is -2.53. The van der Waals surface area contributed by atoms with Gasteiger partial charge in [0.25, 0.3) is 5.91 Å². The molecule has 3 N–H and O–H groups in total. The minimum atomic E-state index is -1.42. The van der Waals surface area contributed by atoms with Crippen molar-refractivity contribution in [3.8, 4) is 16.9 Å². The molecule has 7 nitrogen and oxygen atoms in total. The highest BCUT2D eigenvalue weighted by molar-refractivity contribution is 9.10. The Balaban J connectivity index is 1.38. The third-order valence-electron chi connectivity index (χ3n) is 8.26. The number of carbonyl (C=O) groups is 1. The number of amides is 1. The van der Waals surface area contributed by atoms with Gasteiger partial charge in [-0.2, -0.15) is 0 Å². The lowest BCUT2D eigenvalue weighted by molar-refractivity contribution is -0.130. The number of nitrogens with one attached hydrogen (secondary N) is 2. The SMILES string of the molecule is O=C(NNCc1ccc(Cl)cc1Cl)[C@@]1(Cc2ccccc2Br)N=C(c2ccc(OCCCO)cc2)O[C@H]1c1ccc(-c2ccccc2)cc1. The topological polar surface area (TPSA) is 92.2 Å². The highest BCUT2D eigenvalue weighted by atomic mass is 79.9. The molecule has 5 aromatic rings. The fraction of sp³-hybridized carbons (Fsp3) is 0.179. The standard InChI is InChI=1S/C39H34BrCl2N3O4/c40-34-10-5-4-9-30(34)24-39(38(47)45-43-25-31-15-18-32(41)23-35(31)42)36(28-13-11-27(12-14-28)26-7-2-1-3-8-26)49-37(44-39)29-16-19-33(20-17-29)48-22-6-21-46/h1-5,7-20,23,36,43,46H,6,21-22,24-25H2,(H,45,47)/t36-,39-/m0/s1. The summed E-state index contributed by atoms with van der Waals surface area (Å²) in [4.78, 5) is 19.7. The van der Waals surface area contributed by atoms with Crippen LogP contribution in [-0.2, 0) is 22.5 Å². The second-order valence-corrected chi connectivity index (χ2v) is 13.3. The zero-order valence-electron chi connectivity index (χ0n) is 26.4. The summed E-state index contributed by atoms with van der Waals surface area (Å²) in [5.74, 6) is 0.623. The first-order chi connectivity index (χ1) is 23.9. The van der Waals surface area contributed by atoms with Crippen molar-refractivity contribution in [2.75, 3.05) is 13.2 Å². The molecular formula is C39H34BrCl2N3O4. The molecule has 0 bridgehead atoms. The van der Waals surface area contributed by atoms with Crippen LogP contribution < -0.4 is 15.6 Å². The largest absolute Gasteiger partial charge is 0.494 e. The third-order valence-corrected chi connectivity index (χ3v) is 9.62. The first-order valence-electron chi connectivity index (χ1n) is 15.8. The van der Waals surface area contributed by atoms with Crippen molar-refractivity contribution in [3.63, 3.8) is 0 Å². The summed E-state index contributed by atoms with van der Waals surface area (Å²) in [6, 6.07) is 38.5. The Morgan fingerprint density at radius 2 is 1.55 bits per heavy atom. The molecule has 5 aromatic carbocycles. The van der Waals surface area contributed by atoms with E-state index in [0.717, 1.165) is 32.3 Å². The molecule has 49 heavy (non-hydrogen) atoms. The van der Waals surface area contributed by atoms with E-state index in [1.165, 1.54) is 0 Å². The maximum atomic E-state index is 14.6. The van der Waals surface area contributed by atoms with Crippen LogP contribution in [0.5, 0.6) is 5.75 Å². The van der Waals surface area contributed by atoms with Gasteiger partial charge < -0.3 is 14.6 Å². The van der Waals surface area contributed by atoms with Gasteiger partial charge in [0.05, 0.1) is 6.61 Å². The maximum absolute atomic E-state index is 14.6. The summed E-state index contributed by atoms with van der Waals surface area (Å²) in [6.45, 7) is 0.718. The third kappa shape index (κ3) is 8.18. The fourth-order valence-electron chi connectivity index (χ4n) is 5.69. The predicted molar refractivity (Wildman–Crippen MR) is 198 cm³/mol. The number of rotatable bonds is 13. The van der Waals surface area contributed by atoms with Crippen LogP contribution in [0, 0.1) is 0 Å². The molecule has 1 aliphatic rings. The lowest BCUT2D eigenvalue weighted by atomic mass is 9.82. The minimum Gasteiger partial charge on any atom is -0.494 e. The fourth-order valence-corrected chi connectivity index (χ4v) is 6.59. The highest BCUT2D eigenvalue weighted by Gasteiger charge is 2.53. The highest BCUT2D eigenvalue weighted by Crippen LogP contribution is 2.43. The van der Waals surface area contributed by atoms with Gasteiger partial charge in [-0.25, -0.2) is 10.4 Å². The molecule has 1 aliphatic heterocycles. The first-order valence-corrected chi connectivity index (χ1v) is 17.4. The van der Waals surface area contributed by atoms with E-state index in [2.05, 4.69) is 38.9 Å². The van der Waals surface area contributed by atoms with Crippen LogP contribution >= 0.6 is 39.1 Å². The number of ether oxygens (including phenoxy) is 2. The molecule has 0 saturated heterocycles. The number of aliphatic imine (C=N–C) groups is 1. The van der Waals surface area contributed by atoms with Gasteiger partial charge in [-0.05, 0) is 70.3 Å². The molecule has 2 atom stereocenters. The van der Waals surface area contributed by atoms with E-state index in [1.807, 2.05) is 97.1 Å². The molecule has 0 saturated carbocycles. The van der Waals surface area contributed by atoms with Crippen molar-refractivity contribution in [1.82, 2.24) is 10.9 Å². The van der Waals surface area contributed by atoms with Crippen LogP contribution in [0.4, 0.5) is 0 Å². The summed E-state index contributed by atoms with van der Waals surface area (Å²) in [5, 5.41) is 10.1. The Morgan fingerprint density at radius 1 is 0.857 bits per heavy atom. The average Bonchev–Trinajstić information content (AvgIpc) is 3.51. The van der Waals surface area contributed by atoms with Crippen molar-refractivity contribution >= 4 is 50.9 Å². The van der Waals surface area contributed by atoms with Crippen molar-refractivity contribution in [1.29, 1.82) is 0 Å². The van der Waals surface area contributed by atoms with Crippen LogP contribution in [-0.4, -0.2) is 35.7 Å². The number of carbonyl (C=O) groups excluding carboxylic acids is 1. The average molecular weight is 760 g/mol. The van der Waals surface area contributed by atoms with E-state index >= 15 is 0 Å². The normalized spacial score (nSPS) is 16.9. The summed E-state index contributed by atoms with van der Waals surface area (Å²) < 4.78 is 13.3. The maximum Gasteiger partial charge on any atom is 0.266 e. The number of hydrogen-bond donors (Lipinski definition) is 3. The molecule has 0 aliphatic carbocycles. The smallest absolute Gasteiger partial charge is 0.266 e. The molecule has 1 heterocycles. The lowest BCUT2D eigenvalue weighted by Gasteiger charge is -2.31. The number of hydrogen-bond acceptors (Lipinski definition) is 6. The van der Waals surface area contributed by atoms with Gasteiger partial charge in [0.15, 0.2) is 11.6 Å². The number of aliphatic hydroxyl groups excluding tert-OH is 1. The quantitative estimate of drug-likeness (QED) is 0.0828. The van der Waals surface area contributed by atoms with Gasteiger partial charge in [-0.15, -0.1) is 0 Å². The number of benzene rings is 5. The zero-order chi connectivity index (χ0) is 34.2. The summed E-state index contributed by atoms with van der Waals surface area (Å²) in [5.41, 5.74) is 9.85. The van der Waals surface area contributed by atoms with Gasteiger partial charge in [-0.3, -0.25) is 10.2 Å². The molecular weight excluding hydrogens is 725 g/mol. The van der Waals surface area contributed by atoms with Crippen LogP contribution in [0.3, 0.4) is 0 Å². The van der Waals surface area contributed by atoms with Crippen LogP contribution in [0.1, 0.15) is 34.8 Å². The van der Waals surface area contributed by atoms with Gasteiger partial charge in [-0.1, -0.05) is 118 Å². The Bertz CT molecular complexity index is 1920. The predicted octanol–water partition coefficient (Wildman–Crippen LogP) is 8.50.